The molecule has 1 aliphatic heterocycles. The zero-order chi connectivity index (χ0) is 16.8. The molecule has 3 aliphatic rings. The van der Waals surface area contributed by atoms with E-state index in [1.165, 1.54) is 0 Å². The Bertz CT molecular complexity index is 701. The Kier molecular flexibility index (Phi) is 3.72. The second kappa shape index (κ2) is 5.77. The molecule has 1 heterocycles. The molecule has 6 nitrogen and oxygen atoms in total. The molecule has 2 aliphatic carbocycles. The van der Waals surface area contributed by atoms with Gasteiger partial charge in [-0.1, -0.05) is 11.6 Å². The number of benzene rings is 1. The lowest BCUT2D eigenvalue weighted by molar-refractivity contribution is -0.157. The van der Waals surface area contributed by atoms with Crippen molar-refractivity contribution in [3.05, 3.63) is 29.3 Å². The van der Waals surface area contributed by atoms with Gasteiger partial charge in [0.05, 0.1) is 11.8 Å². The summed E-state index contributed by atoms with van der Waals surface area (Å²) in [5, 5.41) is 3.19. The highest BCUT2D eigenvalue weighted by Crippen LogP contribution is 2.57. The molecule has 0 radical (unpaired) electrons. The van der Waals surface area contributed by atoms with Crippen molar-refractivity contribution >= 4 is 35.1 Å². The molecule has 3 fully saturated rings. The number of hydrogen-bond donors (Lipinski definition) is 1. The smallest absolute Gasteiger partial charge is 0.310 e. The van der Waals surface area contributed by atoms with Crippen molar-refractivity contribution in [2.24, 2.45) is 23.7 Å². The summed E-state index contributed by atoms with van der Waals surface area (Å²) in [6, 6.07) is 6.63. The van der Waals surface area contributed by atoms with Crippen LogP contribution in [0.25, 0.3) is 0 Å². The van der Waals surface area contributed by atoms with Gasteiger partial charge in [0.2, 0.25) is 0 Å². The lowest BCUT2D eigenvalue weighted by atomic mass is 9.80. The molecule has 2 saturated carbocycles. The van der Waals surface area contributed by atoms with Gasteiger partial charge in [-0.25, -0.2) is 0 Å². The fraction of sp³-hybridized carbons (Fsp3) is 0.471. The number of hydrogen-bond acceptors (Lipinski definition) is 5. The summed E-state index contributed by atoms with van der Waals surface area (Å²) in [6.07, 6.45) is 1.53. The topological polar surface area (TPSA) is 81.7 Å². The first kappa shape index (κ1) is 15.4. The molecule has 5 atom stereocenters. The number of carbonyl (C=O) groups excluding carboxylic acids is 3. The predicted molar refractivity (Wildman–Crippen MR) is 84.1 cm³/mol. The van der Waals surface area contributed by atoms with Gasteiger partial charge >= 0.3 is 11.9 Å². The van der Waals surface area contributed by atoms with E-state index < -0.39 is 17.8 Å². The maximum Gasteiger partial charge on any atom is 0.310 e. The first-order chi connectivity index (χ1) is 11.5. The molecule has 1 N–H and O–H groups in total. The van der Waals surface area contributed by atoms with Crippen LogP contribution in [0, 0.1) is 23.7 Å². The van der Waals surface area contributed by atoms with Crippen molar-refractivity contribution in [1.82, 2.24) is 0 Å². The molecule has 0 aromatic heterocycles. The molecule has 1 amide bonds. The Morgan fingerprint density at radius 1 is 1.25 bits per heavy atom. The monoisotopic (exact) mass is 349 g/mol. The van der Waals surface area contributed by atoms with Crippen LogP contribution < -0.4 is 5.32 Å². The molecule has 0 spiro atoms. The Hall–Kier alpha value is -2.08. The van der Waals surface area contributed by atoms with E-state index in [4.69, 9.17) is 21.1 Å². The number of amides is 1. The number of anilines is 1. The highest BCUT2D eigenvalue weighted by atomic mass is 35.5. The lowest BCUT2D eigenvalue weighted by Gasteiger charge is -2.22. The number of esters is 2. The minimum atomic E-state index is -0.476. The summed E-state index contributed by atoms with van der Waals surface area (Å²) in [5.41, 5.74) is 0.572. The van der Waals surface area contributed by atoms with E-state index in [0.717, 1.165) is 12.8 Å². The van der Waals surface area contributed by atoms with Crippen molar-refractivity contribution in [2.45, 2.75) is 18.9 Å². The third-order valence-corrected chi connectivity index (χ3v) is 5.48. The largest absolute Gasteiger partial charge is 0.462 e. The van der Waals surface area contributed by atoms with Gasteiger partial charge in [-0.05, 0) is 43.0 Å². The van der Waals surface area contributed by atoms with Crippen molar-refractivity contribution in [3.63, 3.8) is 0 Å². The quantitative estimate of drug-likeness (QED) is 0.841. The van der Waals surface area contributed by atoms with E-state index in [1.807, 2.05) is 0 Å². The lowest BCUT2D eigenvalue weighted by Crippen LogP contribution is -2.34. The molecule has 24 heavy (non-hydrogen) atoms. The van der Waals surface area contributed by atoms with Gasteiger partial charge in [-0.3, -0.25) is 14.4 Å². The summed E-state index contributed by atoms with van der Waals surface area (Å²) < 4.78 is 10.4. The van der Waals surface area contributed by atoms with Crippen molar-refractivity contribution < 1.29 is 23.9 Å². The number of rotatable bonds is 4. The zero-order valence-corrected chi connectivity index (χ0v) is 13.5. The Morgan fingerprint density at radius 3 is 2.75 bits per heavy atom. The van der Waals surface area contributed by atoms with Crippen LogP contribution in [0.3, 0.4) is 0 Å². The SMILES string of the molecule is O=C(COC(=O)[C@H]1[C@@H]2C[C@@H]3[C@@H]1C(=O)O[C@@H]3C2)Nc1ccc(Cl)cc1. The molecule has 0 unspecified atom stereocenters. The fourth-order valence-corrected chi connectivity index (χ4v) is 4.41. The van der Waals surface area contributed by atoms with Crippen LogP contribution in [0.2, 0.25) is 5.02 Å². The normalized spacial score (nSPS) is 32.5. The third kappa shape index (κ3) is 2.55. The first-order valence-corrected chi connectivity index (χ1v) is 8.33. The number of nitrogens with one attached hydrogen (secondary N) is 1. The van der Waals surface area contributed by atoms with Crippen LogP contribution in [0.5, 0.6) is 0 Å². The van der Waals surface area contributed by atoms with Gasteiger partial charge in [0, 0.05) is 16.6 Å². The predicted octanol–water partition coefficient (Wildman–Crippen LogP) is 2.02. The molecule has 1 saturated heterocycles. The number of carbonyl (C=O) groups is 3. The van der Waals surface area contributed by atoms with Crippen molar-refractivity contribution in [1.29, 1.82) is 0 Å². The van der Waals surface area contributed by atoms with Gasteiger partial charge in [0.15, 0.2) is 6.61 Å². The number of fused-ring (bicyclic) bond motifs is 1. The highest BCUT2D eigenvalue weighted by molar-refractivity contribution is 6.30. The summed E-state index contributed by atoms with van der Waals surface area (Å²) in [7, 11) is 0. The molecular weight excluding hydrogens is 334 g/mol. The van der Waals surface area contributed by atoms with Gasteiger partial charge in [0.25, 0.3) is 5.91 Å². The molecule has 1 aromatic rings. The second-order valence-corrected chi connectivity index (χ2v) is 7.02. The van der Waals surface area contributed by atoms with Crippen LogP contribution in [0.4, 0.5) is 5.69 Å². The first-order valence-electron chi connectivity index (χ1n) is 7.95. The van der Waals surface area contributed by atoms with Gasteiger partial charge in [-0.15, -0.1) is 0 Å². The zero-order valence-electron chi connectivity index (χ0n) is 12.7. The standard InChI is InChI=1S/C17H16ClNO5/c18-9-1-3-10(4-2-9)19-13(20)7-23-16(21)14-8-5-11-12(6-8)24-17(22)15(11)14/h1-4,8,11-12,14-15H,5-7H2,(H,19,20)/t8-,11+,12-,14+,15+/m1/s1. The maximum absolute atomic E-state index is 12.3. The summed E-state index contributed by atoms with van der Waals surface area (Å²) in [5.74, 6) is -1.79. The highest BCUT2D eigenvalue weighted by Gasteiger charge is 2.64. The molecule has 4 rings (SSSR count). The average molecular weight is 350 g/mol. The van der Waals surface area contributed by atoms with Crippen LogP contribution in [0.15, 0.2) is 24.3 Å². The molecule has 1 aromatic carbocycles. The maximum atomic E-state index is 12.3. The fourth-order valence-electron chi connectivity index (χ4n) is 4.29. The van der Waals surface area contributed by atoms with Crippen molar-refractivity contribution in [2.75, 3.05) is 11.9 Å². The van der Waals surface area contributed by atoms with Crippen LogP contribution in [-0.2, 0) is 23.9 Å². The van der Waals surface area contributed by atoms with Gasteiger partial charge < -0.3 is 14.8 Å². The van der Waals surface area contributed by atoms with Crippen LogP contribution >= 0.6 is 11.6 Å². The minimum Gasteiger partial charge on any atom is -0.462 e. The molecular formula is C17H16ClNO5. The van der Waals surface area contributed by atoms with E-state index in [1.54, 1.807) is 24.3 Å². The summed E-state index contributed by atoms with van der Waals surface area (Å²) >= 11 is 5.78. The summed E-state index contributed by atoms with van der Waals surface area (Å²) in [4.78, 5) is 36.1. The molecule has 2 bridgehead atoms. The number of ether oxygens (including phenoxy) is 2. The Balaban J connectivity index is 1.33. The van der Waals surface area contributed by atoms with E-state index in [0.29, 0.717) is 10.7 Å². The number of halogens is 1. The Morgan fingerprint density at radius 2 is 2.00 bits per heavy atom. The minimum absolute atomic E-state index is 0.0234. The van der Waals surface area contributed by atoms with E-state index in [-0.39, 0.29) is 36.4 Å². The van der Waals surface area contributed by atoms with Gasteiger partial charge in [-0.2, -0.15) is 0 Å². The van der Waals surface area contributed by atoms with E-state index in [9.17, 15) is 14.4 Å². The van der Waals surface area contributed by atoms with Crippen molar-refractivity contribution in [3.8, 4) is 0 Å². The Labute approximate surface area is 143 Å². The second-order valence-electron chi connectivity index (χ2n) is 6.59. The molecule has 126 valence electrons. The van der Waals surface area contributed by atoms with Gasteiger partial charge in [0.1, 0.15) is 6.10 Å². The van der Waals surface area contributed by atoms with Crippen LogP contribution in [-0.4, -0.2) is 30.6 Å². The van der Waals surface area contributed by atoms with E-state index in [2.05, 4.69) is 5.32 Å². The summed E-state index contributed by atoms with van der Waals surface area (Å²) in [6.45, 7) is -0.374. The van der Waals surface area contributed by atoms with Crippen LogP contribution in [0.1, 0.15) is 12.8 Å². The van der Waals surface area contributed by atoms with E-state index >= 15 is 0 Å². The average Bonchev–Trinajstić information content (AvgIpc) is 3.16. The third-order valence-electron chi connectivity index (χ3n) is 5.23. The molecule has 7 heteroatoms.